The molecule has 1 aromatic heterocycles. The molecule has 0 radical (unpaired) electrons. The number of benzene rings is 1. The first-order valence-corrected chi connectivity index (χ1v) is 6.20. The number of halogens is 3. The van der Waals surface area contributed by atoms with Crippen molar-refractivity contribution in [3.8, 4) is 5.69 Å². The van der Waals surface area contributed by atoms with Crippen LogP contribution in [0.2, 0.25) is 0 Å². The second-order valence-electron chi connectivity index (χ2n) is 4.68. The van der Waals surface area contributed by atoms with Crippen LogP contribution in [0, 0.1) is 13.8 Å². The van der Waals surface area contributed by atoms with Crippen LogP contribution in [0.3, 0.4) is 0 Å². The first kappa shape index (κ1) is 15.7. The van der Waals surface area contributed by atoms with Crippen LogP contribution in [-0.2, 0) is 6.18 Å². The second kappa shape index (κ2) is 5.28. The van der Waals surface area contributed by atoms with Gasteiger partial charge in [-0.25, -0.2) is 4.98 Å². The number of carbonyl (C=O) groups is 1. The van der Waals surface area contributed by atoms with E-state index >= 15 is 0 Å². The molecule has 2 N–H and O–H groups in total. The van der Waals surface area contributed by atoms with Crippen molar-refractivity contribution in [2.75, 3.05) is 0 Å². The van der Waals surface area contributed by atoms with E-state index in [2.05, 4.69) is 4.98 Å². The van der Waals surface area contributed by atoms with Gasteiger partial charge < -0.3 is 5.73 Å². The molecule has 0 spiro atoms. The lowest BCUT2D eigenvalue weighted by molar-refractivity contribution is -0.137. The van der Waals surface area contributed by atoms with Crippen LogP contribution in [0.5, 0.6) is 0 Å². The standard InChI is InChI=1S/C14H12F3N3O2/c1-7-8(2)20(13(22)11(19-7)12(18)21)10-5-3-4-9(6-10)14(15,16)17/h3-6H,1-2H3,(H2,18,21). The van der Waals surface area contributed by atoms with Gasteiger partial charge in [0.1, 0.15) is 0 Å². The van der Waals surface area contributed by atoms with Gasteiger partial charge in [0.2, 0.25) is 0 Å². The Kier molecular flexibility index (Phi) is 3.78. The third-order valence-corrected chi connectivity index (χ3v) is 3.21. The number of alkyl halides is 3. The molecule has 22 heavy (non-hydrogen) atoms. The maximum Gasteiger partial charge on any atom is 0.416 e. The fourth-order valence-corrected chi connectivity index (χ4v) is 2.01. The van der Waals surface area contributed by atoms with E-state index in [4.69, 9.17) is 5.73 Å². The van der Waals surface area contributed by atoms with Crippen LogP contribution in [0.25, 0.3) is 5.69 Å². The third kappa shape index (κ3) is 2.72. The Morgan fingerprint density at radius 3 is 2.45 bits per heavy atom. The molecule has 0 atom stereocenters. The molecule has 1 amide bonds. The van der Waals surface area contributed by atoms with Crippen LogP contribution < -0.4 is 11.3 Å². The summed E-state index contributed by atoms with van der Waals surface area (Å²) in [6.45, 7) is 3.06. The molecule has 0 unspecified atom stereocenters. The molecule has 1 aromatic carbocycles. The van der Waals surface area contributed by atoms with Crippen molar-refractivity contribution in [3.63, 3.8) is 0 Å². The van der Waals surface area contributed by atoms with Gasteiger partial charge in [0.05, 0.1) is 11.3 Å². The summed E-state index contributed by atoms with van der Waals surface area (Å²) in [5.74, 6) is -1.03. The molecule has 5 nitrogen and oxygen atoms in total. The predicted molar refractivity (Wildman–Crippen MR) is 72.8 cm³/mol. The van der Waals surface area contributed by atoms with Crippen molar-refractivity contribution in [2.45, 2.75) is 20.0 Å². The Labute approximate surface area is 123 Å². The molecule has 0 bridgehead atoms. The minimum Gasteiger partial charge on any atom is -0.364 e. The Morgan fingerprint density at radius 2 is 1.91 bits per heavy atom. The molecule has 8 heteroatoms. The number of aryl methyl sites for hydroxylation is 1. The largest absolute Gasteiger partial charge is 0.416 e. The molecule has 0 aliphatic rings. The molecular formula is C14H12F3N3O2. The van der Waals surface area contributed by atoms with Crippen LogP contribution in [0.15, 0.2) is 29.1 Å². The number of rotatable bonds is 2. The fourth-order valence-electron chi connectivity index (χ4n) is 2.01. The highest BCUT2D eigenvalue weighted by atomic mass is 19.4. The Balaban J connectivity index is 2.78. The lowest BCUT2D eigenvalue weighted by Crippen LogP contribution is -2.32. The number of aromatic nitrogens is 2. The van der Waals surface area contributed by atoms with Gasteiger partial charge in [0.25, 0.3) is 11.5 Å². The van der Waals surface area contributed by atoms with Gasteiger partial charge in [-0.2, -0.15) is 13.2 Å². The molecule has 0 saturated carbocycles. The van der Waals surface area contributed by atoms with E-state index in [0.29, 0.717) is 11.4 Å². The summed E-state index contributed by atoms with van der Waals surface area (Å²) in [7, 11) is 0. The van der Waals surface area contributed by atoms with Crippen molar-refractivity contribution in [2.24, 2.45) is 5.73 Å². The zero-order chi connectivity index (χ0) is 16.7. The minimum absolute atomic E-state index is 0.00896. The summed E-state index contributed by atoms with van der Waals surface area (Å²) in [6, 6.07) is 4.25. The zero-order valence-electron chi connectivity index (χ0n) is 11.7. The summed E-state index contributed by atoms with van der Waals surface area (Å²) in [5.41, 5.74) is 3.47. The maximum absolute atomic E-state index is 12.8. The Bertz CT molecular complexity index is 810. The molecule has 0 saturated heterocycles. The third-order valence-electron chi connectivity index (χ3n) is 3.21. The van der Waals surface area contributed by atoms with Crippen molar-refractivity contribution in [1.82, 2.24) is 9.55 Å². The van der Waals surface area contributed by atoms with E-state index in [1.807, 2.05) is 0 Å². The topological polar surface area (TPSA) is 78.0 Å². The summed E-state index contributed by atoms with van der Waals surface area (Å²) < 4.78 is 39.4. The minimum atomic E-state index is -4.54. The molecule has 0 fully saturated rings. The Morgan fingerprint density at radius 1 is 1.27 bits per heavy atom. The molecular weight excluding hydrogens is 299 g/mol. The highest BCUT2D eigenvalue weighted by molar-refractivity contribution is 5.90. The zero-order valence-corrected chi connectivity index (χ0v) is 11.7. The van der Waals surface area contributed by atoms with Crippen molar-refractivity contribution < 1.29 is 18.0 Å². The van der Waals surface area contributed by atoms with Gasteiger partial charge in [-0.15, -0.1) is 0 Å². The van der Waals surface area contributed by atoms with Gasteiger partial charge in [-0.1, -0.05) is 6.07 Å². The number of primary amides is 1. The molecule has 1 heterocycles. The number of carbonyl (C=O) groups excluding carboxylic acids is 1. The lowest BCUT2D eigenvalue weighted by Gasteiger charge is -2.15. The van der Waals surface area contributed by atoms with Crippen LogP contribution in [0.4, 0.5) is 13.2 Å². The SMILES string of the molecule is Cc1nc(C(N)=O)c(=O)n(-c2cccc(C(F)(F)F)c2)c1C. The molecule has 0 aliphatic carbocycles. The first-order chi connectivity index (χ1) is 10.1. The monoisotopic (exact) mass is 311 g/mol. The summed E-state index contributed by atoms with van der Waals surface area (Å²) in [6.07, 6.45) is -4.54. The summed E-state index contributed by atoms with van der Waals surface area (Å²) in [5, 5.41) is 0. The number of amides is 1. The molecule has 2 aromatic rings. The summed E-state index contributed by atoms with van der Waals surface area (Å²) in [4.78, 5) is 27.3. The lowest BCUT2D eigenvalue weighted by atomic mass is 10.1. The van der Waals surface area contributed by atoms with E-state index in [1.165, 1.54) is 26.0 Å². The van der Waals surface area contributed by atoms with E-state index in [0.717, 1.165) is 16.7 Å². The van der Waals surface area contributed by atoms with Crippen molar-refractivity contribution in [3.05, 3.63) is 57.3 Å². The van der Waals surface area contributed by atoms with E-state index in [-0.39, 0.29) is 5.69 Å². The van der Waals surface area contributed by atoms with Crippen LogP contribution >= 0.6 is 0 Å². The average Bonchev–Trinajstić information content (AvgIpc) is 2.42. The number of nitrogens with zero attached hydrogens (tertiary/aromatic N) is 2. The number of nitrogens with two attached hydrogens (primary N) is 1. The number of hydrogen-bond donors (Lipinski definition) is 1. The van der Waals surface area contributed by atoms with Gasteiger partial charge in [-0.3, -0.25) is 14.2 Å². The van der Waals surface area contributed by atoms with Crippen molar-refractivity contribution >= 4 is 5.91 Å². The van der Waals surface area contributed by atoms with Crippen LogP contribution in [0.1, 0.15) is 27.4 Å². The quantitative estimate of drug-likeness (QED) is 0.921. The first-order valence-electron chi connectivity index (χ1n) is 6.20. The highest BCUT2D eigenvalue weighted by Gasteiger charge is 2.30. The van der Waals surface area contributed by atoms with E-state index in [9.17, 15) is 22.8 Å². The van der Waals surface area contributed by atoms with Gasteiger partial charge in [0.15, 0.2) is 5.69 Å². The van der Waals surface area contributed by atoms with Gasteiger partial charge in [-0.05, 0) is 32.0 Å². The maximum atomic E-state index is 12.8. The Hall–Kier alpha value is -2.64. The smallest absolute Gasteiger partial charge is 0.364 e. The summed E-state index contributed by atoms with van der Waals surface area (Å²) >= 11 is 0. The second-order valence-corrected chi connectivity index (χ2v) is 4.68. The normalized spacial score (nSPS) is 11.5. The predicted octanol–water partition coefficient (Wildman–Crippen LogP) is 1.97. The molecule has 116 valence electrons. The van der Waals surface area contributed by atoms with Crippen molar-refractivity contribution in [1.29, 1.82) is 0 Å². The fraction of sp³-hybridized carbons (Fsp3) is 0.214. The number of hydrogen-bond acceptors (Lipinski definition) is 3. The van der Waals surface area contributed by atoms with Gasteiger partial charge >= 0.3 is 6.18 Å². The highest BCUT2D eigenvalue weighted by Crippen LogP contribution is 2.30. The average molecular weight is 311 g/mol. The van der Waals surface area contributed by atoms with E-state index in [1.54, 1.807) is 0 Å². The van der Waals surface area contributed by atoms with E-state index < -0.39 is 28.9 Å². The van der Waals surface area contributed by atoms with Crippen LogP contribution in [-0.4, -0.2) is 15.5 Å². The molecule has 2 rings (SSSR count). The van der Waals surface area contributed by atoms with Gasteiger partial charge in [0, 0.05) is 11.4 Å². The molecule has 0 aliphatic heterocycles.